The van der Waals surface area contributed by atoms with Crippen LogP contribution in [0.4, 0.5) is 0 Å². The number of nitrogens with one attached hydrogen (secondary N) is 1. The van der Waals surface area contributed by atoms with Crippen molar-refractivity contribution in [1.29, 1.82) is 0 Å². The summed E-state index contributed by atoms with van der Waals surface area (Å²) in [7, 11) is 0. The van der Waals surface area contributed by atoms with E-state index in [0.717, 1.165) is 30.4 Å². The van der Waals surface area contributed by atoms with Gasteiger partial charge in [0.1, 0.15) is 0 Å². The monoisotopic (exact) mass is 233 g/mol. The second kappa shape index (κ2) is 6.43. The van der Waals surface area contributed by atoms with E-state index in [2.05, 4.69) is 32.2 Å². The molecule has 0 spiro atoms. The van der Waals surface area contributed by atoms with Gasteiger partial charge in [-0.15, -0.1) is 0 Å². The summed E-state index contributed by atoms with van der Waals surface area (Å²) in [5, 5.41) is 3.07. The fourth-order valence-corrected chi connectivity index (χ4v) is 1.96. The van der Waals surface area contributed by atoms with Gasteiger partial charge in [0, 0.05) is 11.6 Å². The first kappa shape index (κ1) is 13.8. The maximum Gasteiger partial charge on any atom is 0.251 e. The van der Waals surface area contributed by atoms with E-state index < -0.39 is 0 Å². The number of hydrogen-bond donors (Lipinski definition) is 1. The number of benzene rings is 1. The summed E-state index contributed by atoms with van der Waals surface area (Å²) in [4.78, 5) is 12.1. The molecule has 0 aromatic heterocycles. The molecule has 17 heavy (non-hydrogen) atoms. The van der Waals surface area contributed by atoms with Crippen molar-refractivity contribution < 1.29 is 4.79 Å². The van der Waals surface area contributed by atoms with Crippen molar-refractivity contribution in [3.63, 3.8) is 0 Å². The van der Waals surface area contributed by atoms with Gasteiger partial charge in [-0.05, 0) is 43.4 Å². The van der Waals surface area contributed by atoms with E-state index in [1.807, 2.05) is 19.1 Å². The molecule has 0 heterocycles. The predicted octanol–water partition coefficient (Wildman–Crippen LogP) is 3.48. The summed E-state index contributed by atoms with van der Waals surface area (Å²) in [6.07, 6.45) is 2.97. The number of aryl methyl sites for hydroxylation is 2. The number of carbonyl (C=O) groups excluding carboxylic acids is 1. The summed E-state index contributed by atoms with van der Waals surface area (Å²) in [6.45, 7) is 8.32. The highest BCUT2D eigenvalue weighted by Gasteiger charge is 2.12. The molecule has 2 heteroatoms. The van der Waals surface area contributed by atoms with Crippen LogP contribution in [0.2, 0.25) is 0 Å². The van der Waals surface area contributed by atoms with Gasteiger partial charge in [0.2, 0.25) is 0 Å². The maximum absolute atomic E-state index is 12.1. The van der Waals surface area contributed by atoms with Gasteiger partial charge in [-0.25, -0.2) is 0 Å². The fourth-order valence-electron chi connectivity index (χ4n) is 1.96. The van der Waals surface area contributed by atoms with Gasteiger partial charge in [0.05, 0.1) is 0 Å². The lowest BCUT2D eigenvalue weighted by atomic mass is 10.0. The Hall–Kier alpha value is -1.31. The van der Waals surface area contributed by atoms with Crippen LogP contribution in [0.1, 0.15) is 55.1 Å². The van der Waals surface area contributed by atoms with Gasteiger partial charge in [0.25, 0.3) is 5.91 Å². The molecule has 0 unspecified atom stereocenters. The minimum atomic E-state index is 0.0545. The van der Waals surface area contributed by atoms with Crippen molar-refractivity contribution in [1.82, 2.24) is 5.32 Å². The second-order valence-electron chi connectivity index (χ2n) is 4.49. The van der Waals surface area contributed by atoms with Gasteiger partial charge in [-0.2, -0.15) is 0 Å². The average molecular weight is 233 g/mol. The fraction of sp³-hybridized carbons (Fsp3) is 0.533. The van der Waals surface area contributed by atoms with E-state index in [1.54, 1.807) is 0 Å². The van der Waals surface area contributed by atoms with Crippen LogP contribution in [-0.4, -0.2) is 11.9 Å². The number of amides is 1. The van der Waals surface area contributed by atoms with Gasteiger partial charge >= 0.3 is 0 Å². The Morgan fingerprint density at radius 2 is 1.88 bits per heavy atom. The van der Waals surface area contributed by atoms with Gasteiger partial charge in [-0.1, -0.05) is 32.9 Å². The Kier molecular flexibility index (Phi) is 5.20. The topological polar surface area (TPSA) is 29.1 Å². The van der Waals surface area contributed by atoms with E-state index in [4.69, 9.17) is 0 Å². The summed E-state index contributed by atoms with van der Waals surface area (Å²) in [5.41, 5.74) is 3.14. The van der Waals surface area contributed by atoms with Crippen molar-refractivity contribution in [2.45, 2.75) is 53.0 Å². The molecule has 0 atom stereocenters. The molecule has 0 aliphatic rings. The highest BCUT2D eigenvalue weighted by atomic mass is 16.1. The van der Waals surface area contributed by atoms with E-state index >= 15 is 0 Å². The Labute approximate surface area is 104 Å². The molecule has 94 valence electrons. The molecule has 1 aromatic rings. The first-order chi connectivity index (χ1) is 8.12. The summed E-state index contributed by atoms with van der Waals surface area (Å²) >= 11 is 0. The van der Waals surface area contributed by atoms with Crippen LogP contribution in [-0.2, 0) is 6.42 Å². The van der Waals surface area contributed by atoms with Crippen LogP contribution < -0.4 is 5.32 Å². The quantitative estimate of drug-likeness (QED) is 0.829. The molecule has 0 saturated heterocycles. The molecule has 1 rings (SSSR count). The van der Waals surface area contributed by atoms with Crippen LogP contribution >= 0.6 is 0 Å². The zero-order valence-electron chi connectivity index (χ0n) is 11.3. The minimum absolute atomic E-state index is 0.0545. The molecular weight excluding hydrogens is 210 g/mol. The third-order valence-electron chi connectivity index (χ3n) is 3.26. The smallest absolute Gasteiger partial charge is 0.251 e. The van der Waals surface area contributed by atoms with E-state index in [-0.39, 0.29) is 11.9 Å². The summed E-state index contributed by atoms with van der Waals surface area (Å²) in [6, 6.07) is 6.36. The van der Waals surface area contributed by atoms with Crippen molar-refractivity contribution in [2.75, 3.05) is 0 Å². The molecule has 2 nitrogen and oxygen atoms in total. The van der Waals surface area contributed by atoms with E-state index in [1.165, 1.54) is 5.56 Å². The molecule has 0 saturated carbocycles. The molecule has 0 aliphatic heterocycles. The Morgan fingerprint density at radius 1 is 1.24 bits per heavy atom. The molecule has 0 aliphatic carbocycles. The van der Waals surface area contributed by atoms with Crippen LogP contribution in [0, 0.1) is 6.92 Å². The molecule has 0 fully saturated rings. The van der Waals surface area contributed by atoms with Gasteiger partial charge in [-0.3, -0.25) is 4.79 Å². The third kappa shape index (κ3) is 3.58. The Bertz CT molecular complexity index is 381. The molecular formula is C15H23NO. The Morgan fingerprint density at radius 3 is 2.35 bits per heavy atom. The first-order valence-electron chi connectivity index (χ1n) is 6.52. The normalized spacial score (nSPS) is 10.6. The lowest BCUT2D eigenvalue weighted by Crippen LogP contribution is -2.34. The van der Waals surface area contributed by atoms with Crippen LogP contribution in [0.15, 0.2) is 18.2 Å². The molecule has 0 radical (unpaired) electrons. The maximum atomic E-state index is 12.1. The van der Waals surface area contributed by atoms with Crippen molar-refractivity contribution in [3.8, 4) is 0 Å². The van der Waals surface area contributed by atoms with Gasteiger partial charge < -0.3 is 5.32 Å². The zero-order chi connectivity index (χ0) is 12.8. The van der Waals surface area contributed by atoms with Crippen molar-refractivity contribution in [2.24, 2.45) is 0 Å². The Balaban J connectivity index is 2.82. The number of rotatable bonds is 5. The minimum Gasteiger partial charge on any atom is -0.349 e. The third-order valence-corrected chi connectivity index (χ3v) is 3.26. The van der Waals surface area contributed by atoms with Gasteiger partial charge in [0.15, 0.2) is 0 Å². The number of hydrogen-bond acceptors (Lipinski definition) is 1. The highest BCUT2D eigenvalue weighted by molar-refractivity contribution is 5.95. The van der Waals surface area contributed by atoms with Crippen LogP contribution in [0.25, 0.3) is 0 Å². The van der Waals surface area contributed by atoms with Crippen molar-refractivity contribution >= 4 is 5.91 Å². The predicted molar refractivity (Wildman–Crippen MR) is 72.4 cm³/mol. The summed E-state index contributed by atoms with van der Waals surface area (Å²) < 4.78 is 0. The molecule has 1 aromatic carbocycles. The average Bonchev–Trinajstić information content (AvgIpc) is 2.35. The zero-order valence-corrected chi connectivity index (χ0v) is 11.3. The molecule has 1 N–H and O–H groups in total. The van der Waals surface area contributed by atoms with Crippen LogP contribution in [0.3, 0.4) is 0 Å². The standard InChI is InChI=1S/C15H23NO/c1-5-12-8-9-14(11(4)10-12)15(17)16-13(6-2)7-3/h8-10,13H,5-7H2,1-4H3,(H,16,17). The number of carbonyl (C=O) groups is 1. The summed E-state index contributed by atoms with van der Waals surface area (Å²) in [5.74, 6) is 0.0545. The lowest BCUT2D eigenvalue weighted by Gasteiger charge is -2.16. The van der Waals surface area contributed by atoms with E-state index in [9.17, 15) is 4.79 Å². The highest BCUT2D eigenvalue weighted by Crippen LogP contribution is 2.12. The first-order valence-corrected chi connectivity index (χ1v) is 6.52. The largest absolute Gasteiger partial charge is 0.349 e. The molecule has 1 amide bonds. The SMILES string of the molecule is CCc1ccc(C(=O)NC(CC)CC)c(C)c1. The lowest BCUT2D eigenvalue weighted by molar-refractivity contribution is 0.0934. The van der Waals surface area contributed by atoms with E-state index in [0.29, 0.717) is 0 Å². The van der Waals surface area contributed by atoms with Crippen molar-refractivity contribution in [3.05, 3.63) is 34.9 Å². The van der Waals surface area contributed by atoms with Crippen LogP contribution in [0.5, 0.6) is 0 Å². The molecule has 0 bridgehead atoms. The second-order valence-corrected chi connectivity index (χ2v) is 4.49.